The van der Waals surface area contributed by atoms with Crippen molar-refractivity contribution >= 4 is 18.0 Å². The van der Waals surface area contributed by atoms with Gasteiger partial charge in [-0.1, -0.05) is 0 Å². The molecule has 0 aliphatic carbocycles. The van der Waals surface area contributed by atoms with Crippen molar-refractivity contribution in [2.75, 3.05) is 12.4 Å². The molecule has 0 aromatic heterocycles. The van der Waals surface area contributed by atoms with Gasteiger partial charge in [-0.15, -0.1) is 0 Å². The first-order valence-corrected chi connectivity index (χ1v) is 3.80. The van der Waals surface area contributed by atoms with Crippen molar-refractivity contribution in [1.82, 2.24) is 5.32 Å². The highest BCUT2D eigenvalue weighted by Gasteiger charge is 2.00. The molecule has 0 atom stereocenters. The van der Waals surface area contributed by atoms with Gasteiger partial charge >= 0.3 is 0 Å². The molecule has 0 radical (unpaired) electrons. The molecule has 0 spiro atoms. The van der Waals surface area contributed by atoms with Crippen molar-refractivity contribution < 1.29 is 9.59 Å². The van der Waals surface area contributed by atoms with Crippen molar-refractivity contribution in [3.05, 3.63) is 29.8 Å². The Balaban J connectivity index is 2.80. The van der Waals surface area contributed by atoms with Crippen molar-refractivity contribution in [3.63, 3.8) is 0 Å². The van der Waals surface area contributed by atoms with Gasteiger partial charge in [0.25, 0.3) is 5.91 Å². The molecule has 4 heteroatoms. The summed E-state index contributed by atoms with van der Waals surface area (Å²) in [6.45, 7) is 0. The Morgan fingerprint density at radius 1 is 1.31 bits per heavy atom. The van der Waals surface area contributed by atoms with E-state index < -0.39 is 0 Å². The molecule has 1 aromatic rings. The molecule has 13 heavy (non-hydrogen) atoms. The first-order valence-electron chi connectivity index (χ1n) is 3.80. The Kier molecular flexibility index (Phi) is 3.03. The van der Waals surface area contributed by atoms with E-state index in [1.807, 2.05) is 0 Å². The first-order chi connectivity index (χ1) is 6.27. The quantitative estimate of drug-likeness (QED) is 0.666. The summed E-state index contributed by atoms with van der Waals surface area (Å²) in [7, 11) is 1.57. The van der Waals surface area contributed by atoms with E-state index in [1.165, 1.54) is 0 Å². The molecule has 0 unspecified atom stereocenters. The number of nitrogens with one attached hydrogen (secondary N) is 2. The summed E-state index contributed by atoms with van der Waals surface area (Å²) >= 11 is 0. The Morgan fingerprint density at radius 3 is 2.38 bits per heavy atom. The van der Waals surface area contributed by atoms with Gasteiger partial charge in [0, 0.05) is 18.3 Å². The van der Waals surface area contributed by atoms with Crippen LogP contribution in [0.3, 0.4) is 0 Å². The number of amides is 2. The molecular weight excluding hydrogens is 168 g/mol. The second-order valence-electron chi connectivity index (χ2n) is 2.42. The summed E-state index contributed by atoms with van der Waals surface area (Å²) in [5, 5.41) is 4.98. The standard InChI is InChI=1S/C9H10N2O2/c1-10-9(13)7-2-4-8(5-3-7)11-6-12/h2-6H,1H3,(H,10,13)(H,11,12). The monoisotopic (exact) mass is 178 g/mol. The van der Waals surface area contributed by atoms with Crippen molar-refractivity contribution in [2.24, 2.45) is 0 Å². The van der Waals surface area contributed by atoms with Gasteiger partial charge in [-0.3, -0.25) is 9.59 Å². The molecule has 4 nitrogen and oxygen atoms in total. The maximum Gasteiger partial charge on any atom is 0.251 e. The predicted octanol–water partition coefficient (Wildman–Crippen LogP) is 0.614. The largest absolute Gasteiger partial charge is 0.355 e. The Hall–Kier alpha value is -1.84. The number of carbonyl (C=O) groups is 2. The van der Waals surface area contributed by atoms with Crippen molar-refractivity contribution in [2.45, 2.75) is 0 Å². The fourth-order valence-corrected chi connectivity index (χ4v) is 0.930. The van der Waals surface area contributed by atoms with Crippen LogP contribution in [-0.4, -0.2) is 19.4 Å². The molecule has 0 bridgehead atoms. The molecule has 0 aliphatic heterocycles. The second-order valence-corrected chi connectivity index (χ2v) is 2.42. The Morgan fingerprint density at radius 2 is 1.92 bits per heavy atom. The van der Waals surface area contributed by atoms with Crippen molar-refractivity contribution in [3.8, 4) is 0 Å². The smallest absolute Gasteiger partial charge is 0.251 e. The minimum absolute atomic E-state index is 0.141. The topological polar surface area (TPSA) is 58.2 Å². The SMILES string of the molecule is CNC(=O)c1ccc(NC=O)cc1. The lowest BCUT2D eigenvalue weighted by Crippen LogP contribution is -2.17. The van der Waals surface area contributed by atoms with Crippen LogP contribution in [0.5, 0.6) is 0 Å². The predicted molar refractivity (Wildman–Crippen MR) is 49.5 cm³/mol. The molecule has 2 amide bonds. The van der Waals surface area contributed by atoms with Gasteiger partial charge in [-0.2, -0.15) is 0 Å². The summed E-state index contributed by atoms with van der Waals surface area (Å²) in [5.74, 6) is -0.141. The van der Waals surface area contributed by atoms with Gasteiger partial charge in [0.05, 0.1) is 0 Å². The minimum Gasteiger partial charge on any atom is -0.355 e. The zero-order chi connectivity index (χ0) is 9.68. The normalized spacial score (nSPS) is 9.00. The van der Waals surface area contributed by atoms with E-state index in [4.69, 9.17) is 0 Å². The molecule has 1 aromatic carbocycles. The van der Waals surface area contributed by atoms with Crippen LogP contribution >= 0.6 is 0 Å². The molecular formula is C9H10N2O2. The molecule has 68 valence electrons. The zero-order valence-corrected chi connectivity index (χ0v) is 7.20. The maximum atomic E-state index is 11.1. The van der Waals surface area contributed by atoms with E-state index in [-0.39, 0.29) is 5.91 Å². The third kappa shape index (κ3) is 2.30. The van der Waals surface area contributed by atoms with E-state index in [0.29, 0.717) is 17.7 Å². The number of hydrogen-bond donors (Lipinski definition) is 2. The van der Waals surface area contributed by atoms with Gasteiger partial charge in [-0.05, 0) is 24.3 Å². The van der Waals surface area contributed by atoms with Crippen LogP contribution in [0, 0.1) is 0 Å². The summed E-state index contributed by atoms with van der Waals surface area (Å²) < 4.78 is 0. The second kappa shape index (κ2) is 4.25. The van der Waals surface area contributed by atoms with Gasteiger partial charge < -0.3 is 10.6 Å². The van der Waals surface area contributed by atoms with Crippen LogP contribution in [0.1, 0.15) is 10.4 Å². The van der Waals surface area contributed by atoms with Crippen LogP contribution in [0.15, 0.2) is 24.3 Å². The lowest BCUT2D eigenvalue weighted by Gasteiger charge is -2.01. The van der Waals surface area contributed by atoms with Gasteiger partial charge in [-0.25, -0.2) is 0 Å². The molecule has 0 saturated carbocycles. The van der Waals surface area contributed by atoms with E-state index in [0.717, 1.165) is 0 Å². The van der Waals surface area contributed by atoms with Crippen LogP contribution in [0.25, 0.3) is 0 Å². The summed E-state index contributed by atoms with van der Waals surface area (Å²) in [6.07, 6.45) is 0.592. The molecule has 0 fully saturated rings. The van der Waals surface area contributed by atoms with Gasteiger partial charge in [0.1, 0.15) is 0 Å². The van der Waals surface area contributed by atoms with E-state index in [1.54, 1.807) is 31.3 Å². The molecule has 0 heterocycles. The summed E-state index contributed by atoms with van der Waals surface area (Å²) in [6, 6.07) is 6.62. The fraction of sp³-hybridized carbons (Fsp3) is 0.111. The Bertz CT molecular complexity index is 306. The highest BCUT2D eigenvalue weighted by Crippen LogP contribution is 2.07. The van der Waals surface area contributed by atoms with E-state index in [9.17, 15) is 9.59 Å². The lowest BCUT2D eigenvalue weighted by atomic mass is 10.2. The number of rotatable bonds is 3. The fourth-order valence-electron chi connectivity index (χ4n) is 0.930. The molecule has 0 saturated heterocycles. The molecule has 1 rings (SSSR count). The van der Waals surface area contributed by atoms with Crippen molar-refractivity contribution in [1.29, 1.82) is 0 Å². The van der Waals surface area contributed by atoms with Crippen LogP contribution in [-0.2, 0) is 4.79 Å². The average molecular weight is 178 g/mol. The highest BCUT2D eigenvalue weighted by atomic mass is 16.1. The molecule has 0 aliphatic rings. The summed E-state index contributed by atoms with van der Waals surface area (Å²) in [5.41, 5.74) is 1.24. The highest BCUT2D eigenvalue weighted by molar-refractivity contribution is 5.94. The van der Waals surface area contributed by atoms with Crippen LogP contribution in [0.2, 0.25) is 0 Å². The van der Waals surface area contributed by atoms with E-state index >= 15 is 0 Å². The zero-order valence-electron chi connectivity index (χ0n) is 7.20. The third-order valence-corrected chi connectivity index (χ3v) is 1.60. The van der Waals surface area contributed by atoms with E-state index in [2.05, 4.69) is 10.6 Å². The maximum absolute atomic E-state index is 11.1. The van der Waals surface area contributed by atoms with Gasteiger partial charge in [0.2, 0.25) is 6.41 Å². The third-order valence-electron chi connectivity index (χ3n) is 1.60. The number of anilines is 1. The first kappa shape index (κ1) is 9.25. The number of hydrogen-bond acceptors (Lipinski definition) is 2. The minimum atomic E-state index is -0.141. The average Bonchev–Trinajstić information content (AvgIpc) is 2.18. The van der Waals surface area contributed by atoms with Crippen LogP contribution < -0.4 is 10.6 Å². The number of carbonyl (C=O) groups excluding carboxylic acids is 2. The lowest BCUT2D eigenvalue weighted by molar-refractivity contribution is -0.105. The Labute approximate surface area is 75.9 Å². The van der Waals surface area contributed by atoms with Crippen LogP contribution in [0.4, 0.5) is 5.69 Å². The molecule has 2 N–H and O–H groups in total. The number of benzene rings is 1. The van der Waals surface area contributed by atoms with Gasteiger partial charge in [0.15, 0.2) is 0 Å². The summed E-state index contributed by atoms with van der Waals surface area (Å²) in [4.78, 5) is 21.1.